The SMILES string of the molecule is NC(CO)C(=O)NC(CS)C(=O)NCC(=O)NCC(=O)O. The number of carboxylic acids is 1. The summed E-state index contributed by atoms with van der Waals surface area (Å²) in [7, 11) is 0. The molecule has 0 radical (unpaired) electrons. The van der Waals surface area contributed by atoms with Gasteiger partial charge in [0, 0.05) is 5.75 Å². The number of hydrogen-bond donors (Lipinski definition) is 7. The van der Waals surface area contributed by atoms with Crippen molar-refractivity contribution in [1.82, 2.24) is 16.0 Å². The Morgan fingerprint density at radius 1 is 1.10 bits per heavy atom. The molecule has 11 heteroatoms. The number of aliphatic carboxylic acids is 1. The second-order valence-corrected chi connectivity index (χ2v) is 4.29. The minimum atomic E-state index is -1.21. The second kappa shape index (κ2) is 9.96. The lowest BCUT2D eigenvalue weighted by Crippen LogP contribution is -2.54. The van der Waals surface area contributed by atoms with Crippen LogP contribution < -0.4 is 21.7 Å². The van der Waals surface area contributed by atoms with Crippen molar-refractivity contribution < 1.29 is 29.4 Å². The van der Waals surface area contributed by atoms with Crippen molar-refractivity contribution in [3.05, 3.63) is 0 Å². The molecule has 21 heavy (non-hydrogen) atoms. The number of nitrogens with two attached hydrogens (primary N) is 1. The number of thiol groups is 1. The zero-order valence-electron chi connectivity index (χ0n) is 11.0. The molecule has 0 aliphatic rings. The highest BCUT2D eigenvalue weighted by Gasteiger charge is 2.22. The van der Waals surface area contributed by atoms with Crippen molar-refractivity contribution in [2.45, 2.75) is 12.1 Å². The lowest BCUT2D eigenvalue weighted by Gasteiger charge is -2.18. The standard InChI is InChI=1S/C10H18N4O6S/c11-5(3-15)9(19)14-6(4-21)10(20)13-1-7(16)12-2-8(17)18/h5-6,15,21H,1-4,11H2,(H,12,16)(H,13,20)(H,14,19)(H,17,18). The highest BCUT2D eigenvalue weighted by atomic mass is 32.1. The Morgan fingerprint density at radius 3 is 2.19 bits per heavy atom. The minimum Gasteiger partial charge on any atom is -0.480 e. The van der Waals surface area contributed by atoms with Crippen molar-refractivity contribution in [3.8, 4) is 0 Å². The number of rotatable bonds is 9. The number of amides is 3. The summed E-state index contributed by atoms with van der Waals surface area (Å²) in [5.74, 6) is -3.38. The molecule has 2 atom stereocenters. The molecule has 0 aromatic carbocycles. The quantitative estimate of drug-likeness (QED) is 0.212. The maximum Gasteiger partial charge on any atom is 0.322 e. The third kappa shape index (κ3) is 8.12. The van der Waals surface area contributed by atoms with Gasteiger partial charge in [0.05, 0.1) is 13.2 Å². The fourth-order valence-corrected chi connectivity index (χ4v) is 1.34. The molecule has 2 unspecified atom stereocenters. The van der Waals surface area contributed by atoms with Crippen LogP contribution in [0.2, 0.25) is 0 Å². The number of aliphatic hydroxyl groups excluding tert-OH is 1. The summed E-state index contributed by atoms with van der Waals surface area (Å²) >= 11 is 3.88. The van der Waals surface area contributed by atoms with Gasteiger partial charge < -0.3 is 31.9 Å². The molecule has 0 fully saturated rings. The van der Waals surface area contributed by atoms with Crippen LogP contribution in [0, 0.1) is 0 Å². The number of carboxylic acid groups (broad SMARTS) is 1. The van der Waals surface area contributed by atoms with Crippen LogP contribution in [-0.2, 0) is 19.2 Å². The fourth-order valence-electron chi connectivity index (χ4n) is 1.08. The first-order chi connectivity index (χ1) is 9.81. The summed E-state index contributed by atoms with van der Waals surface area (Å²) in [6.45, 7) is -1.59. The molecule has 0 saturated heterocycles. The Morgan fingerprint density at radius 2 is 1.71 bits per heavy atom. The Hall–Kier alpha value is -1.85. The van der Waals surface area contributed by atoms with E-state index in [9.17, 15) is 19.2 Å². The van der Waals surface area contributed by atoms with Gasteiger partial charge in [-0.3, -0.25) is 19.2 Å². The monoisotopic (exact) mass is 322 g/mol. The van der Waals surface area contributed by atoms with E-state index in [4.69, 9.17) is 15.9 Å². The molecule has 0 saturated carbocycles. The third-order valence-electron chi connectivity index (χ3n) is 2.21. The molecule has 0 rings (SSSR count). The molecular weight excluding hydrogens is 304 g/mol. The molecule has 7 N–H and O–H groups in total. The van der Waals surface area contributed by atoms with E-state index in [0.717, 1.165) is 0 Å². The Bertz CT molecular complexity index is 405. The van der Waals surface area contributed by atoms with Gasteiger partial charge in [-0.15, -0.1) is 0 Å². The van der Waals surface area contributed by atoms with Crippen molar-refractivity contribution >= 4 is 36.3 Å². The van der Waals surface area contributed by atoms with E-state index in [1.807, 2.05) is 5.32 Å². The lowest BCUT2D eigenvalue weighted by molar-refractivity contribution is -0.138. The zero-order valence-corrected chi connectivity index (χ0v) is 11.9. The molecule has 0 aromatic heterocycles. The van der Waals surface area contributed by atoms with Crippen molar-refractivity contribution in [3.63, 3.8) is 0 Å². The van der Waals surface area contributed by atoms with E-state index in [1.165, 1.54) is 0 Å². The van der Waals surface area contributed by atoms with Gasteiger partial charge in [-0.1, -0.05) is 0 Å². The van der Waals surface area contributed by atoms with E-state index in [-0.39, 0.29) is 5.75 Å². The summed E-state index contributed by atoms with van der Waals surface area (Å²) in [6, 6.07) is -2.20. The largest absolute Gasteiger partial charge is 0.480 e. The maximum atomic E-state index is 11.7. The van der Waals surface area contributed by atoms with Gasteiger partial charge in [0.1, 0.15) is 18.6 Å². The summed E-state index contributed by atoms with van der Waals surface area (Å²) in [5, 5.41) is 23.6. The van der Waals surface area contributed by atoms with Gasteiger partial charge in [0.25, 0.3) is 0 Å². The van der Waals surface area contributed by atoms with E-state index in [1.54, 1.807) is 0 Å². The van der Waals surface area contributed by atoms with Crippen LogP contribution in [0.25, 0.3) is 0 Å². The Labute approximate surface area is 125 Å². The normalized spacial score (nSPS) is 12.9. The van der Waals surface area contributed by atoms with Gasteiger partial charge in [-0.2, -0.15) is 12.6 Å². The summed E-state index contributed by atoms with van der Waals surface area (Å²) in [5.41, 5.74) is 5.27. The molecule has 0 aliphatic carbocycles. The predicted octanol–water partition coefficient (Wildman–Crippen LogP) is -3.96. The summed E-state index contributed by atoms with van der Waals surface area (Å²) in [6.07, 6.45) is 0. The third-order valence-corrected chi connectivity index (χ3v) is 2.57. The summed E-state index contributed by atoms with van der Waals surface area (Å²) < 4.78 is 0. The number of carbonyl (C=O) groups is 4. The second-order valence-electron chi connectivity index (χ2n) is 3.92. The van der Waals surface area contributed by atoms with E-state index in [0.29, 0.717) is 0 Å². The average molecular weight is 322 g/mol. The highest BCUT2D eigenvalue weighted by Crippen LogP contribution is 1.90. The molecule has 0 aliphatic heterocycles. The van der Waals surface area contributed by atoms with Crippen LogP contribution in [0.5, 0.6) is 0 Å². The fraction of sp³-hybridized carbons (Fsp3) is 0.600. The van der Waals surface area contributed by atoms with E-state index >= 15 is 0 Å². The van der Waals surface area contributed by atoms with Crippen LogP contribution in [-0.4, -0.2) is 71.4 Å². The smallest absolute Gasteiger partial charge is 0.322 e. The number of nitrogens with one attached hydrogen (secondary N) is 3. The van der Waals surface area contributed by atoms with Gasteiger partial charge in [0.15, 0.2) is 0 Å². The van der Waals surface area contributed by atoms with E-state index in [2.05, 4.69) is 23.3 Å². The lowest BCUT2D eigenvalue weighted by atomic mass is 10.2. The molecule has 0 heterocycles. The molecular formula is C10H18N4O6S. The van der Waals surface area contributed by atoms with Gasteiger partial charge in [-0.25, -0.2) is 0 Å². The Balaban J connectivity index is 4.25. The van der Waals surface area contributed by atoms with Gasteiger partial charge in [-0.05, 0) is 0 Å². The van der Waals surface area contributed by atoms with E-state index < -0.39 is 55.5 Å². The first-order valence-corrected chi connectivity index (χ1v) is 6.49. The van der Waals surface area contributed by atoms with Crippen LogP contribution in [0.3, 0.4) is 0 Å². The van der Waals surface area contributed by atoms with Crippen LogP contribution in [0.4, 0.5) is 0 Å². The van der Waals surface area contributed by atoms with Crippen molar-refractivity contribution in [1.29, 1.82) is 0 Å². The molecule has 0 spiro atoms. The maximum absolute atomic E-state index is 11.7. The predicted molar refractivity (Wildman–Crippen MR) is 74.5 cm³/mol. The van der Waals surface area contributed by atoms with Crippen molar-refractivity contribution in [2.24, 2.45) is 5.73 Å². The number of hydrogen-bond acceptors (Lipinski definition) is 7. The zero-order chi connectivity index (χ0) is 16.4. The van der Waals surface area contributed by atoms with Crippen LogP contribution in [0.15, 0.2) is 0 Å². The molecule has 120 valence electrons. The van der Waals surface area contributed by atoms with Gasteiger partial charge in [0.2, 0.25) is 17.7 Å². The minimum absolute atomic E-state index is 0.0491. The first kappa shape index (κ1) is 19.1. The highest BCUT2D eigenvalue weighted by molar-refractivity contribution is 7.80. The first-order valence-electron chi connectivity index (χ1n) is 5.85. The average Bonchev–Trinajstić information content (AvgIpc) is 2.46. The topological polar surface area (TPSA) is 171 Å². The van der Waals surface area contributed by atoms with Crippen molar-refractivity contribution in [2.75, 3.05) is 25.4 Å². The summed E-state index contributed by atoms with van der Waals surface area (Å²) in [4.78, 5) is 44.5. The number of carbonyl (C=O) groups excluding carboxylic acids is 3. The molecule has 0 bridgehead atoms. The van der Waals surface area contributed by atoms with Gasteiger partial charge >= 0.3 is 5.97 Å². The molecule has 10 nitrogen and oxygen atoms in total. The van der Waals surface area contributed by atoms with Crippen LogP contribution >= 0.6 is 12.6 Å². The molecule has 3 amide bonds. The molecule has 0 aromatic rings. The Kier molecular flexibility index (Phi) is 9.08. The number of aliphatic hydroxyl groups is 1. The van der Waals surface area contributed by atoms with Crippen LogP contribution in [0.1, 0.15) is 0 Å².